The molecule has 3 rings (SSSR count). The van der Waals surface area contributed by atoms with Gasteiger partial charge in [0.25, 0.3) is 0 Å². The highest BCUT2D eigenvalue weighted by Crippen LogP contribution is 2.30. The Hall–Kier alpha value is -1.80. The van der Waals surface area contributed by atoms with Gasteiger partial charge in [-0.05, 0) is 60.2 Å². The summed E-state index contributed by atoms with van der Waals surface area (Å²) < 4.78 is 0.910. The van der Waals surface area contributed by atoms with Crippen molar-refractivity contribution in [1.82, 2.24) is 0 Å². The van der Waals surface area contributed by atoms with Crippen molar-refractivity contribution >= 4 is 50.1 Å². The molecule has 0 spiro atoms. The normalized spacial score (nSPS) is 9.74. The lowest BCUT2D eigenvalue weighted by molar-refractivity contribution is 0.475. The minimum absolute atomic E-state index is 0.222. The molecule has 0 aliphatic rings. The van der Waals surface area contributed by atoms with Crippen molar-refractivity contribution in [2.75, 3.05) is 0 Å². The van der Waals surface area contributed by atoms with Gasteiger partial charge in [-0.3, -0.25) is 0 Å². The molecule has 0 fully saturated rings. The number of hydrogen-bond donors (Lipinski definition) is 3. The van der Waals surface area contributed by atoms with E-state index in [9.17, 15) is 0 Å². The summed E-state index contributed by atoms with van der Waals surface area (Å²) in [7, 11) is 3.26. The van der Waals surface area contributed by atoms with Crippen LogP contribution in [0.4, 0.5) is 0 Å². The average Bonchev–Trinajstić information content (AvgIpc) is 2.96. The van der Waals surface area contributed by atoms with Gasteiger partial charge in [-0.25, -0.2) is 0 Å². The van der Waals surface area contributed by atoms with Crippen LogP contribution < -0.4 is 5.73 Å². The van der Waals surface area contributed by atoms with Crippen LogP contribution in [0.25, 0.3) is 10.4 Å². The summed E-state index contributed by atoms with van der Waals surface area (Å²) in [6.45, 7) is 0. The fourth-order valence-electron chi connectivity index (χ4n) is 1.62. The SMILES string of the molecule is NC(=S)c1ccc(O)cc1.Oc1ccc(-c2cc(=S)ss2)cc1. The highest BCUT2D eigenvalue weighted by molar-refractivity contribution is 7.80. The van der Waals surface area contributed by atoms with Crippen molar-refractivity contribution in [2.45, 2.75) is 0 Å². The van der Waals surface area contributed by atoms with E-state index in [1.54, 1.807) is 57.1 Å². The number of aromatic hydroxyl groups is 2. The number of phenolic OH excluding ortho intramolecular Hbond substituents is 2. The van der Waals surface area contributed by atoms with Crippen LogP contribution in [0, 0.1) is 3.82 Å². The summed E-state index contributed by atoms with van der Waals surface area (Å²) in [5, 5.41) is 17.9. The molecule has 0 bridgehead atoms. The highest BCUT2D eigenvalue weighted by Gasteiger charge is 1.99. The standard InChI is InChI=1S/C9H6OS3.C7H7NOS/c10-7-3-1-6(2-4-7)8-5-9(11)13-12-8;8-7(10)5-1-3-6(9)4-2-5/h1-5,10H;1-4,9H,(H2,8,10). The molecule has 0 amide bonds. The van der Waals surface area contributed by atoms with Gasteiger partial charge in [-0.15, -0.1) is 0 Å². The smallest absolute Gasteiger partial charge is 0.115 e. The Kier molecular flexibility index (Phi) is 6.23. The van der Waals surface area contributed by atoms with Crippen molar-refractivity contribution in [1.29, 1.82) is 0 Å². The van der Waals surface area contributed by atoms with Crippen LogP contribution in [0.2, 0.25) is 0 Å². The van der Waals surface area contributed by atoms with Crippen LogP contribution >= 0.6 is 45.1 Å². The van der Waals surface area contributed by atoms with Gasteiger partial charge in [0.1, 0.15) is 20.3 Å². The molecule has 0 unspecified atom stereocenters. The molecule has 0 saturated carbocycles. The Labute approximate surface area is 151 Å². The third-order valence-electron chi connectivity index (χ3n) is 2.77. The first-order chi connectivity index (χ1) is 11.0. The zero-order valence-corrected chi connectivity index (χ0v) is 15.1. The molecule has 4 N–H and O–H groups in total. The van der Waals surface area contributed by atoms with E-state index in [1.807, 2.05) is 18.2 Å². The Bertz CT molecular complexity index is 836. The van der Waals surface area contributed by atoms with Gasteiger partial charge in [-0.2, -0.15) is 0 Å². The summed E-state index contributed by atoms with van der Waals surface area (Å²) in [5.74, 6) is 0.516. The van der Waals surface area contributed by atoms with Crippen LogP contribution in [-0.2, 0) is 0 Å². The molecular weight excluding hydrogens is 366 g/mol. The Morgan fingerprint density at radius 3 is 1.83 bits per heavy atom. The summed E-state index contributed by atoms with van der Waals surface area (Å²) in [4.78, 5) is 1.51. The van der Waals surface area contributed by atoms with Gasteiger partial charge >= 0.3 is 0 Å². The van der Waals surface area contributed by atoms with Crippen LogP contribution in [0.15, 0.2) is 54.6 Å². The second-order valence-corrected chi connectivity index (χ2v) is 7.80. The molecule has 0 aliphatic heterocycles. The zero-order valence-electron chi connectivity index (χ0n) is 11.8. The topological polar surface area (TPSA) is 66.5 Å². The molecule has 0 aliphatic carbocycles. The van der Waals surface area contributed by atoms with Gasteiger partial charge in [-0.1, -0.05) is 45.1 Å². The fraction of sp³-hybridized carbons (Fsp3) is 0. The van der Waals surface area contributed by atoms with Gasteiger partial charge in [0, 0.05) is 10.4 Å². The van der Waals surface area contributed by atoms with E-state index in [4.69, 9.17) is 40.4 Å². The van der Waals surface area contributed by atoms with Gasteiger partial charge < -0.3 is 15.9 Å². The average molecular weight is 380 g/mol. The first-order valence-electron chi connectivity index (χ1n) is 6.44. The van der Waals surface area contributed by atoms with E-state index in [-0.39, 0.29) is 5.75 Å². The van der Waals surface area contributed by atoms with Crippen LogP contribution in [0.3, 0.4) is 0 Å². The van der Waals surface area contributed by atoms with Crippen molar-refractivity contribution in [3.63, 3.8) is 0 Å². The van der Waals surface area contributed by atoms with Crippen molar-refractivity contribution in [2.24, 2.45) is 5.73 Å². The molecule has 3 nitrogen and oxygen atoms in total. The Balaban J connectivity index is 0.000000174. The molecule has 1 heterocycles. The summed E-state index contributed by atoms with van der Waals surface area (Å²) in [5.41, 5.74) is 7.19. The number of nitrogens with two attached hydrogens (primary N) is 1. The highest BCUT2D eigenvalue weighted by atomic mass is 32.9. The minimum atomic E-state index is 0.222. The maximum Gasteiger partial charge on any atom is 0.115 e. The van der Waals surface area contributed by atoms with Crippen molar-refractivity contribution in [3.8, 4) is 21.9 Å². The van der Waals surface area contributed by atoms with Crippen molar-refractivity contribution in [3.05, 3.63) is 64.0 Å². The number of hydrogen-bond acceptors (Lipinski definition) is 6. The monoisotopic (exact) mass is 379 g/mol. The largest absolute Gasteiger partial charge is 0.508 e. The van der Waals surface area contributed by atoms with E-state index in [1.165, 1.54) is 0 Å². The third kappa shape index (κ3) is 5.40. The second-order valence-electron chi connectivity index (χ2n) is 4.45. The van der Waals surface area contributed by atoms with E-state index in [2.05, 4.69) is 0 Å². The van der Waals surface area contributed by atoms with E-state index in [0.717, 1.165) is 19.8 Å². The molecule has 0 radical (unpaired) electrons. The lowest BCUT2D eigenvalue weighted by atomic mass is 10.2. The lowest BCUT2D eigenvalue weighted by Crippen LogP contribution is -2.08. The number of phenols is 2. The quantitative estimate of drug-likeness (QED) is 0.435. The number of rotatable bonds is 2. The fourth-order valence-corrected chi connectivity index (χ4v) is 4.16. The Morgan fingerprint density at radius 1 is 0.870 bits per heavy atom. The van der Waals surface area contributed by atoms with E-state index >= 15 is 0 Å². The molecule has 7 heteroatoms. The molecule has 23 heavy (non-hydrogen) atoms. The predicted octanol–water partition coefficient (Wildman–Crippen LogP) is 4.94. The lowest BCUT2D eigenvalue weighted by Gasteiger charge is -1.95. The van der Waals surface area contributed by atoms with E-state index in [0.29, 0.717) is 10.7 Å². The number of thiocarbonyl (C=S) groups is 1. The minimum Gasteiger partial charge on any atom is -0.508 e. The first kappa shape index (κ1) is 17.6. The molecule has 0 atom stereocenters. The predicted molar refractivity (Wildman–Crippen MR) is 104 cm³/mol. The summed E-state index contributed by atoms with van der Waals surface area (Å²) in [6, 6.07) is 15.6. The Morgan fingerprint density at radius 2 is 1.39 bits per heavy atom. The van der Waals surface area contributed by atoms with E-state index < -0.39 is 0 Å². The molecule has 118 valence electrons. The zero-order chi connectivity index (χ0) is 16.8. The summed E-state index contributed by atoms with van der Waals surface area (Å²) in [6.07, 6.45) is 0. The van der Waals surface area contributed by atoms with Gasteiger partial charge in [0.05, 0.1) is 0 Å². The van der Waals surface area contributed by atoms with Gasteiger partial charge in [0.15, 0.2) is 0 Å². The maximum absolute atomic E-state index is 9.09. The van der Waals surface area contributed by atoms with Crippen LogP contribution in [0.1, 0.15) is 5.56 Å². The molecule has 3 aromatic rings. The maximum atomic E-state index is 9.09. The van der Waals surface area contributed by atoms with Crippen LogP contribution in [-0.4, -0.2) is 15.2 Å². The number of benzene rings is 2. The molecule has 1 aromatic heterocycles. The molecular formula is C16H13NO2S4. The first-order valence-corrected chi connectivity index (χ1v) is 9.41. The van der Waals surface area contributed by atoms with Gasteiger partial charge in [0.2, 0.25) is 0 Å². The molecule has 0 saturated heterocycles. The third-order valence-corrected chi connectivity index (χ3v) is 5.91. The van der Waals surface area contributed by atoms with Crippen LogP contribution in [0.5, 0.6) is 11.5 Å². The molecule has 2 aromatic carbocycles. The summed E-state index contributed by atoms with van der Waals surface area (Å²) >= 11 is 9.74. The van der Waals surface area contributed by atoms with Crippen molar-refractivity contribution < 1.29 is 10.2 Å². The second kappa shape index (κ2) is 8.16.